The van der Waals surface area contributed by atoms with Crippen molar-refractivity contribution in [2.24, 2.45) is 0 Å². The summed E-state index contributed by atoms with van der Waals surface area (Å²) in [4.78, 5) is 22.1. The summed E-state index contributed by atoms with van der Waals surface area (Å²) < 4.78 is 27.4. The van der Waals surface area contributed by atoms with Gasteiger partial charge in [0.05, 0.1) is 4.90 Å². The average molecular weight is 336 g/mol. The molecule has 0 aliphatic rings. The highest BCUT2D eigenvalue weighted by Gasteiger charge is 2.18. The predicted molar refractivity (Wildman–Crippen MR) is 75.2 cm³/mol. The molecule has 0 saturated carbocycles. The van der Waals surface area contributed by atoms with Crippen molar-refractivity contribution in [2.75, 3.05) is 13.2 Å². The number of carbonyl (C=O) groups excluding carboxylic acids is 1. The number of carbonyl (C=O) groups is 2. The first-order chi connectivity index (χ1) is 9.75. The lowest BCUT2D eigenvalue weighted by atomic mass is 10.2. The fourth-order valence-electron chi connectivity index (χ4n) is 1.41. The van der Waals surface area contributed by atoms with Crippen LogP contribution in [-0.2, 0) is 13.8 Å². The molecule has 0 aliphatic heterocycles. The molecule has 9 heteroatoms. The molecule has 0 saturated heterocycles. The zero-order chi connectivity index (χ0) is 16.0. The normalized spacial score (nSPS) is 11.0. The van der Waals surface area contributed by atoms with E-state index in [9.17, 15) is 18.0 Å². The van der Waals surface area contributed by atoms with Crippen molar-refractivity contribution >= 4 is 31.6 Å². The highest BCUT2D eigenvalue weighted by atomic mass is 35.7. The quantitative estimate of drug-likeness (QED) is 0.725. The van der Waals surface area contributed by atoms with E-state index in [0.29, 0.717) is 6.54 Å². The lowest BCUT2D eigenvalue weighted by Crippen LogP contribution is -2.29. The third-order valence-electron chi connectivity index (χ3n) is 2.39. The summed E-state index contributed by atoms with van der Waals surface area (Å²) >= 11 is 0. The zero-order valence-electron chi connectivity index (χ0n) is 11.1. The second-order valence-electron chi connectivity index (χ2n) is 4.04. The van der Waals surface area contributed by atoms with Crippen LogP contribution in [0.2, 0.25) is 0 Å². The molecule has 2 N–H and O–H groups in total. The molecule has 0 unspecified atom stereocenters. The Hall–Kier alpha value is -1.80. The molecule has 1 rings (SSSR count). The summed E-state index contributed by atoms with van der Waals surface area (Å²) in [6.07, 6.45) is 0.758. The zero-order valence-corrected chi connectivity index (χ0v) is 12.7. The van der Waals surface area contributed by atoms with E-state index in [0.717, 1.165) is 24.6 Å². The monoisotopic (exact) mass is 335 g/mol. The van der Waals surface area contributed by atoms with Gasteiger partial charge in [-0.05, 0) is 24.6 Å². The average Bonchev–Trinajstić information content (AvgIpc) is 2.41. The third-order valence-corrected chi connectivity index (χ3v) is 3.75. The predicted octanol–water partition coefficient (Wildman–Crippen LogP) is 1.22. The van der Waals surface area contributed by atoms with Gasteiger partial charge in [-0.25, -0.2) is 13.2 Å². The maximum Gasteiger partial charge on any atom is 0.339 e. The van der Waals surface area contributed by atoms with E-state index in [4.69, 9.17) is 20.5 Å². The van der Waals surface area contributed by atoms with Crippen molar-refractivity contribution in [3.63, 3.8) is 0 Å². The van der Waals surface area contributed by atoms with Gasteiger partial charge in [-0.1, -0.05) is 6.92 Å². The summed E-state index contributed by atoms with van der Waals surface area (Å²) in [5.41, 5.74) is -0.389. The highest BCUT2D eigenvalue weighted by molar-refractivity contribution is 8.13. The fourth-order valence-corrected chi connectivity index (χ4v) is 2.19. The van der Waals surface area contributed by atoms with E-state index in [1.54, 1.807) is 0 Å². The molecule has 116 valence electrons. The molecule has 0 aromatic heterocycles. The number of benzene rings is 1. The molecule has 0 aliphatic carbocycles. The van der Waals surface area contributed by atoms with Gasteiger partial charge in [0.1, 0.15) is 11.3 Å². The minimum absolute atomic E-state index is 0.113. The molecule has 0 spiro atoms. The van der Waals surface area contributed by atoms with Crippen LogP contribution in [0.25, 0.3) is 0 Å². The summed E-state index contributed by atoms with van der Waals surface area (Å²) in [6.45, 7) is 2.00. The van der Waals surface area contributed by atoms with E-state index < -0.39 is 20.9 Å². The Kier molecular flexibility index (Phi) is 5.98. The first kappa shape index (κ1) is 17.3. The van der Waals surface area contributed by atoms with Crippen LogP contribution in [0.1, 0.15) is 23.7 Å². The van der Waals surface area contributed by atoms with Gasteiger partial charge < -0.3 is 15.2 Å². The molecule has 0 heterocycles. The number of carboxylic acid groups (broad SMARTS) is 1. The van der Waals surface area contributed by atoms with Crippen molar-refractivity contribution in [1.29, 1.82) is 0 Å². The standard InChI is InChI=1S/C12H14ClNO6S/c1-2-5-14-11(15)7-20-10-4-3-8(21(13,18)19)6-9(10)12(16)17/h3-4,6H,2,5,7H2,1H3,(H,14,15)(H,16,17). The number of nitrogens with one attached hydrogen (secondary N) is 1. The van der Waals surface area contributed by atoms with Gasteiger partial charge in [-0.3, -0.25) is 4.79 Å². The highest BCUT2D eigenvalue weighted by Crippen LogP contribution is 2.24. The molecule has 1 aromatic rings. The summed E-state index contributed by atoms with van der Waals surface area (Å²) in [7, 11) is 1.10. The largest absolute Gasteiger partial charge is 0.483 e. The number of carboxylic acids is 1. The van der Waals surface area contributed by atoms with Crippen LogP contribution in [0, 0.1) is 0 Å². The Morgan fingerprint density at radius 3 is 2.57 bits per heavy atom. The van der Waals surface area contributed by atoms with Crippen molar-refractivity contribution in [3.8, 4) is 5.75 Å². The number of hydrogen-bond donors (Lipinski definition) is 2. The van der Waals surface area contributed by atoms with E-state index >= 15 is 0 Å². The van der Waals surface area contributed by atoms with Crippen LogP contribution in [-0.4, -0.2) is 38.6 Å². The molecule has 7 nitrogen and oxygen atoms in total. The van der Waals surface area contributed by atoms with Crippen LogP contribution >= 0.6 is 10.7 Å². The molecule has 21 heavy (non-hydrogen) atoms. The van der Waals surface area contributed by atoms with Crippen LogP contribution in [0.15, 0.2) is 23.1 Å². The summed E-state index contributed by atoms with van der Waals surface area (Å²) in [5.74, 6) is -1.90. The van der Waals surface area contributed by atoms with E-state index in [1.807, 2.05) is 6.92 Å². The van der Waals surface area contributed by atoms with E-state index in [1.165, 1.54) is 0 Å². The van der Waals surface area contributed by atoms with Crippen molar-refractivity contribution < 1.29 is 27.9 Å². The lowest BCUT2D eigenvalue weighted by Gasteiger charge is -2.10. The summed E-state index contributed by atoms with van der Waals surface area (Å²) in [5, 5.41) is 11.6. The Balaban J connectivity index is 2.93. The number of rotatable bonds is 7. The Bertz CT molecular complexity index is 643. The first-order valence-corrected chi connectivity index (χ1v) is 8.28. The van der Waals surface area contributed by atoms with Gasteiger partial charge in [0.25, 0.3) is 15.0 Å². The van der Waals surface area contributed by atoms with Crippen LogP contribution in [0.4, 0.5) is 0 Å². The van der Waals surface area contributed by atoms with Crippen molar-refractivity contribution in [1.82, 2.24) is 5.32 Å². The molecule has 0 atom stereocenters. The molecule has 0 radical (unpaired) electrons. The second-order valence-corrected chi connectivity index (χ2v) is 6.61. The van der Waals surface area contributed by atoms with Crippen molar-refractivity contribution in [2.45, 2.75) is 18.2 Å². The van der Waals surface area contributed by atoms with Gasteiger partial charge in [0.15, 0.2) is 6.61 Å². The Morgan fingerprint density at radius 2 is 2.05 bits per heavy atom. The van der Waals surface area contributed by atoms with E-state index in [2.05, 4.69) is 5.32 Å². The molecule has 0 bridgehead atoms. The third kappa shape index (κ3) is 5.24. The van der Waals surface area contributed by atoms with Gasteiger partial charge >= 0.3 is 5.97 Å². The minimum Gasteiger partial charge on any atom is -0.483 e. The second kappa shape index (κ2) is 7.28. The molecule has 1 aromatic carbocycles. The Labute approximate surface area is 126 Å². The number of aromatic carboxylic acids is 1. The Morgan fingerprint density at radius 1 is 1.38 bits per heavy atom. The first-order valence-electron chi connectivity index (χ1n) is 5.97. The minimum atomic E-state index is -4.04. The van der Waals surface area contributed by atoms with Gasteiger partial charge in [-0.2, -0.15) is 0 Å². The fraction of sp³-hybridized carbons (Fsp3) is 0.333. The van der Waals surface area contributed by atoms with Crippen LogP contribution < -0.4 is 10.1 Å². The molecular weight excluding hydrogens is 322 g/mol. The number of hydrogen-bond acceptors (Lipinski definition) is 5. The van der Waals surface area contributed by atoms with Gasteiger partial charge in [-0.15, -0.1) is 0 Å². The summed E-state index contributed by atoms with van der Waals surface area (Å²) in [6, 6.07) is 3.13. The van der Waals surface area contributed by atoms with Crippen LogP contribution in [0.5, 0.6) is 5.75 Å². The number of halogens is 1. The topological polar surface area (TPSA) is 110 Å². The molecule has 0 fully saturated rings. The van der Waals surface area contributed by atoms with Gasteiger partial charge in [0, 0.05) is 17.2 Å². The van der Waals surface area contributed by atoms with Gasteiger partial charge in [0.2, 0.25) is 0 Å². The smallest absolute Gasteiger partial charge is 0.339 e. The van der Waals surface area contributed by atoms with Crippen LogP contribution in [0.3, 0.4) is 0 Å². The lowest BCUT2D eigenvalue weighted by molar-refractivity contribution is -0.123. The van der Waals surface area contributed by atoms with E-state index in [-0.39, 0.29) is 22.8 Å². The maximum absolute atomic E-state index is 11.4. The SMILES string of the molecule is CCCNC(=O)COc1ccc(S(=O)(=O)Cl)cc1C(=O)O. The molecular formula is C12H14ClNO6S. The number of amides is 1. The molecule has 1 amide bonds. The number of ether oxygens (including phenoxy) is 1. The van der Waals surface area contributed by atoms with Crippen molar-refractivity contribution in [3.05, 3.63) is 23.8 Å². The maximum atomic E-state index is 11.4.